The van der Waals surface area contributed by atoms with Crippen LogP contribution in [0.5, 0.6) is 0 Å². The number of rotatable bonds is 9. The highest BCUT2D eigenvalue weighted by atomic mass is 35.5. The van der Waals surface area contributed by atoms with E-state index in [1.54, 1.807) is 30.5 Å². The number of benzene rings is 1. The summed E-state index contributed by atoms with van der Waals surface area (Å²) in [6, 6.07) is 13.7. The van der Waals surface area contributed by atoms with E-state index in [4.69, 9.17) is 11.6 Å². The summed E-state index contributed by atoms with van der Waals surface area (Å²) < 4.78 is 24.4. The maximum absolute atomic E-state index is 12.6. The third-order valence-electron chi connectivity index (χ3n) is 6.62. The summed E-state index contributed by atoms with van der Waals surface area (Å²) in [4.78, 5) is 23.5. The van der Waals surface area contributed by atoms with Crippen LogP contribution < -0.4 is 15.5 Å². The van der Waals surface area contributed by atoms with E-state index >= 15 is 0 Å². The number of carbonyl (C=O) groups excluding carboxylic acids is 1. The van der Waals surface area contributed by atoms with Gasteiger partial charge in [0.2, 0.25) is 5.91 Å². The maximum Gasteiger partial charge on any atom is 0.220 e. The van der Waals surface area contributed by atoms with Gasteiger partial charge in [0, 0.05) is 48.7 Å². The van der Waals surface area contributed by atoms with Gasteiger partial charge in [-0.05, 0) is 56.0 Å². The van der Waals surface area contributed by atoms with Crippen LogP contribution >= 0.6 is 11.6 Å². The second kappa shape index (κ2) is 12.1. The van der Waals surface area contributed by atoms with Gasteiger partial charge >= 0.3 is 0 Å². The molecule has 3 N–H and O–H groups in total. The SMILES string of the molecule is CC(NC(=O)CC1CCN(c2ncc(S(C)(=O)=O)cc2NC(O)c2cccc(Cl)c2)CC1)c1ccccn1. The molecule has 0 radical (unpaired) electrons. The Hall–Kier alpha value is -3.21. The van der Waals surface area contributed by atoms with Gasteiger partial charge in [-0.3, -0.25) is 9.78 Å². The van der Waals surface area contributed by atoms with Crippen molar-refractivity contribution in [1.29, 1.82) is 0 Å². The van der Waals surface area contributed by atoms with Gasteiger partial charge in [-0.1, -0.05) is 29.8 Å². The number of piperidine rings is 1. The number of pyridine rings is 2. The molecule has 1 fully saturated rings. The average molecular weight is 558 g/mol. The summed E-state index contributed by atoms with van der Waals surface area (Å²) in [5.74, 6) is 0.750. The molecule has 1 aliphatic heterocycles. The van der Waals surface area contributed by atoms with Crippen LogP contribution in [0, 0.1) is 5.92 Å². The smallest absolute Gasteiger partial charge is 0.220 e. The largest absolute Gasteiger partial charge is 0.369 e. The number of nitrogens with one attached hydrogen (secondary N) is 2. The van der Waals surface area contributed by atoms with E-state index in [1.165, 1.54) is 12.3 Å². The van der Waals surface area contributed by atoms with E-state index in [9.17, 15) is 18.3 Å². The predicted molar refractivity (Wildman–Crippen MR) is 148 cm³/mol. The molecule has 202 valence electrons. The summed E-state index contributed by atoms with van der Waals surface area (Å²) >= 11 is 6.07. The van der Waals surface area contributed by atoms with Gasteiger partial charge in [-0.2, -0.15) is 0 Å². The fourth-order valence-electron chi connectivity index (χ4n) is 4.52. The normalized spacial score (nSPS) is 16.1. The van der Waals surface area contributed by atoms with Crippen LogP contribution in [-0.4, -0.2) is 48.7 Å². The fraction of sp³-hybridized carbons (Fsp3) is 0.370. The summed E-state index contributed by atoms with van der Waals surface area (Å²) in [6.45, 7) is 3.20. The lowest BCUT2D eigenvalue weighted by molar-refractivity contribution is -0.122. The van der Waals surface area contributed by atoms with Crippen molar-refractivity contribution in [3.63, 3.8) is 0 Å². The second-order valence-corrected chi connectivity index (χ2v) is 12.0. The Balaban J connectivity index is 1.42. The quantitative estimate of drug-likeness (QED) is 0.336. The first-order valence-electron chi connectivity index (χ1n) is 12.5. The number of sulfone groups is 1. The van der Waals surface area contributed by atoms with Crippen molar-refractivity contribution in [2.75, 3.05) is 29.6 Å². The Morgan fingerprint density at radius 3 is 2.58 bits per heavy atom. The third-order valence-corrected chi connectivity index (χ3v) is 7.94. The van der Waals surface area contributed by atoms with Gasteiger partial charge in [0.05, 0.1) is 22.3 Å². The van der Waals surface area contributed by atoms with Crippen molar-refractivity contribution in [3.8, 4) is 0 Å². The van der Waals surface area contributed by atoms with Crippen LogP contribution in [0.1, 0.15) is 49.7 Å². The molecule has 1 aliphatic rings. The van der Waals surface area contributed by atoms with E-state index in [0.717, 1.165) is 24.8 Å². The Morgan fingerprint density at radius 2 is 1.92 bits per heavy atom. The first-order valence-corrected chi connectivity index (χ1v) is 14.7. The van der Waals surface area contributed by atoms with E-state index < -0.39 is 16.1 Å². The fourth-order valence-corrected chi connectivity index (χ4v) is 5.30. The summed E-state index contributed by atoms with van der Waals surface area (Å²) in [7, 11) is -3.51. The molecule has 3 heterocycles. The molecular weight excluding hydrogens is 526 g/mol. The topological polar surface area (TPSA) is 125 Å². The van der Waals surface area contributed by atoms with Gasteiger partial charge in [-0.25, -0.2) is 13.4 Å². The molecule has 1 aromatic carbocycles. The lowest BCUT2D eigenvalue weighted by Crippen LogP contribution is -2.37. The Morgan fingerprint density at radius 1 is 1.16 bits per heavy atom. The molecule has 9 nitrogen and oxygen atoms in total. The van der Waals surface area contributed by atoms with Gasteiger partial charge < -0.3 is 20.6 Å². The van der Waals surface area contributed by atoms with Crippen LogP contribution in [0.2, 0.25) is 5.02 Å². The Bertz CT molecular complexity index is 1360. The van der Waals surface area contributed by atoms with Gasteiger partial charge in [0.15, 0.2) is 21.9 Å². The molecule has 38 heavy (non-hydrogen) atoms. The number of hydrogen-bond donors (Lipinski definition) is 3. The van der Waals surface area contributed by atoms with Gasteiger partial charge in [0.25, 0.3) is 0 Å². The molecule has 4 rings (SSSR count). The summed E-state index contributed by atoms with van der Waals surface area (Å²) in [5, 5.41) is 17.3. The number of anilines is 2. The molecular formula is C27H32ClN5O4S. The van der Waals surface area contributed by atoms with Crippen LogP contribution in [-0.2, 0) is 14.6 Å². The molecule has 1 amide bonds. The molecule has 1 saturated heterocycles. The van der Waals surface area contributed by atoms with Crippen LogP contribution in [0.4, 0.5) is 11.5 Å². The first kappa shape index (κ1) is 27.8. The predicted octanol–water partition coefficient (Wildman–Crippen LogP) is 4.12. The number of amides is 1. The van der Waals surface area contributed by atoms with Gasteiger partial charge in [0.1, 0.15) is 0 Å². The molecule has 11 heteroatoms. The number of hydrogen-bond acceptors (Lipinski definition) is 8. The Labute approximate surface area is 228 Å². The lowest BCUT2D eigenvalue weighted by atomic mass is 9.93. The van der Waals surface area contributed by atoms with E-state index in [-0.39, 0.29) is 22.8 Å². The zero-order valence-electron chi connectivity index (χ0n) is 21.3. The van der Waals surface area contributed by atoms with Crippen LogP contribution in [0.15, 0.2) is 65.8 Å². The maximum atomic E-state index is 12.6. The number of carbonyl (C=O) groups is 1. The number of aromatic nitrogens is 2. The van der Waals surface area contributed by atoms with Crippen molar-refractivity contribution in [2.24, 2.45) is 5.92 Å². The molecule has 3 aromatic rings. The standard InChI is InChI=1S/C27H32ClN5O4S/c1-18(23-8-3-4-11-29-23)31-25(34)14-19-9-12-33(13-10-19)26-24(16-22(17-30-26)38(2,36)37)32-27(35)20-6-5-7-21(28)15-20/h3-8,11,15-19,27,32,35H,9-10,12-14H2,1-2H3,(H,31,34). The molecule has 0 bridgehead atoms. The monoisotopic (exact) mass is 557 g/mol. The highest BCUT2D eigenvalue weighted by Gasteiger charge is 2.26. The molecule has 2 aromatic heterocycles. The molecule has 0 saturated carbocycles. The van der Waals surface area contributed by atoms with E-state index in [1.807, 2.05) is 30.0 Å². The van der Waals surface area contributed by atoms with E-state index in [0.29, 0.717) is 41.6 Å². The van der Waals surface area contributed by atoms with Crippen molar-refractivity contribution in [1.82, 2.24) is 15.3 Å². The molecule has 0 aliphatic carbocycles. The summed E-state index contributed by atoms with van der Waals surface area (Å²) in [6.07, 6.45) is 5.01. The van der Waals surface area contributed by atoms with Crippen molar-refractivity contribution < 1.29 is 18.3 Å². The average Bonchev–Trinajstić information content (AvgIpc) is 2.89. The minimum absolute atomic E-state index is 0.00997. The minimum atomic E-state index is -3.51. The third kappa shape index (κ3) is 7.21. The first-order chi connectivity index (χ1) is 18.1. The van der Waals surface area contributed by atoms with Crippen LogP contribution in [0.25, 0.3) is 0 Å². The highest BCUT2D eigenvalue weighted by Crippen LogP contribution is 2.33. The highest BCUT2D eigenvalue weighted by molar-refractivity contribution is 7.90. The second-order valence-electron chi connectivity index (χ2n) is 9.59. The van der Waals surface area contributed by atoms with Gasteiger partial charge in [-0.15, -0.1) is 0 Å². The molecule has 2 atom stereocenters. The van der Waals surface area contributed by atoms with Crippen molar-refractivity contribution in [3.05, 3.63) is 77.2 Å². The summed E-state index contributed by atoms with van der Waals surface area (Å²) in [5.41, 5.74) is 1.76. The van der Waals surface area contributed by atoms with Crippen molar-refractivity contribution >= 4 is 38.9 Å². The number of nitrogens with zero attached hydrogens (tertiary/aromatic N) is 3. The molecule has 0 spiro atoms. The zero-order chi connectivity index (χ0) is 27.3. The number of halogens is 1. The molecule has 2 unspecified atom stereocenters. The number of aliphatic hydroxyl groups excluding tert-OH is 1. The van der Waals surface area contributed by atoms with Crippen LogP contribution in [0.3, 0.4) is 0 Å². The van der Waals surface area contributed by atoms with E-state index in [2.05, 4.69) is 20.6 Å². The van der Waals surface area contributed by atoms with Crippen molar-refractivity contribution in [2.45, 2.75) is 43.4 Å². The Kier molecular flexibility index (Phi) is 8.86. The minimum Gasteiger partial charge on any atom is -0.369 e. The zero-order valence-corrected chi connectivity index (χ0v) is 22.9. The number of aliphatic hydroxyl groups is 1. The lowest BCUT2D eigenvalue weighted by Gasteiger charge is -2.34.